The summed E-state index contributed by atoms with van der Waals surface area (Å²) in [7, 11) is 0. The van der Waals surface area contributed by atoms with Crippen LogP contribution in [0.3, 0.4) is 0 Å². The maximum absolute atomic E-state index is 12.9. The van der Waals surface area contributed by atoms with Gasteiger partial charge in [-0.3, -0.25) is 15.6 Å². The molecule has 3 N–H and O–H groups in total. The molecule has 0 aromatic carbocycles. The van der Waals surface area contributed by atoms with Gasteiger partial charge < -0.3 is 10.3 Å². The first-order valence-corrected chi connectivity index (χ1v) is 7.85. The average molecular weight is 290 g/mol. The third kappa shape index (κ3) is 3.94. The van der Waals surface area contributed by atoms with Crippen LogP contribution in [-0.4, -0.2) is 28.4 Å². The molecule has 5 heteroatoms. The molecule has 0 atom stereocenters. The highest BCUT2D eigenvalue weighted by Crippen LogP contribution is 2.27. The van der Waals surface area contributed by atoms with E-state index in [9.17, 15) is 4.79 Å². The van der Waals surface area contributed by atoms with E-state index in [1.807, 2.05) is 4.90 Å². The van der Waals surface area contributed by atoms with E-state index in [4.69, 9.17) is 5.84 Å². The summed E-state index contributed by atoms with van der Waals surface area (Å²) in [4.78, 5) is 19.0. The molecule has 0 unspecified atom stereocenters. The monoisotopic (exact) mass is 290 g/mol. The zero-order valence-corrected chi connectivity index (χ0v) is 13.0. The van der Waals surface area contributed by atoms with Crippen LogP contribution in [0.5, 0.6) is 0 Å². The van der Waals surface area contributed by atoms with Crippen molar-refractivity contribution >= 4 is 11.6 Å². The first-order chi connectivity index (χ1) is 10.1. The Hall–Kier alpha value is -1.62. The van der Waals surface area contributed by atoms with Crippen molar-refractivity contribution in [3.63, 3.8) is 0 Å². The second kappa shape index (κ2) is 7.41. The number of nitrogens with one attached hydrogen (secondary N) is 1. The Labute approximate surface area is 126 Å². The molecule has 1 heterocycles. The predicted octanol–water partition coefficient (Wildman–Crippen LogP) is 2.80. The molecule has 0 spiro atoms. The van der Waals surface area contributed by atoms with Gasteiger partial charge in [-0.05, 0) is 31.2 Å². The summed E-state index contributed by atoms with van der Waals surface area (Å²) in [5, 5.41) is 0. The summed E-state index contributed by atoms with van der Waals surface area (Å²) < 4.78 is 0. The van der Waals surface area contributed by atoms with E-state index in [1.54, 1.807) is 18.5 Å². The number of amides is 1. The van der Waals surface area contributed by atoms with Gasteiger partial charge in [-0.1, -0.05) is 26.7 Å². The number of nitrogen functional groups attached to an aromatic ring is 1. The highest BCUT2D eigenvalue weighted by atomic mass is 16.2. The van der Waals surface area contributed by atoms with Crippen LogP contribution >= 0.6 is 0 Å². The van der Waals surface area contributed by atoms with Gasteiger partial charge in [-0.25, -0.2) is 0 Å². The van der Waals surface area contributed by atoms with Crippen LogP contribution in [-0.2, 0) is 0 Å². The Morgan fingerprint density at radius 2 is 2.19 bits per heavy atom. The third-order valence-electron chi connectivity index (χ3n) is 4.18. The van der Waals surface area contributed by atoms with Gasteiger partial charge in [-0.15, -0.1) is 0 Å². The molecule has 5 nitrogen and oxygen atoms in total. The Kier molecular flexibility index (Phi) is 5.56. The quantitative estimate of drug-likeness (QED) is 0.624. The van der Waals surface area contributed by atoms with Crippen LogP contribution < -0.4 is 11.3 Å². The molecule has 0 bridgehead atoms. The maximum atomic E-state index is 12.9. The molecule has 1 aliphatic carbocycles. The molecular weight excluding hydrogens is 264 g/mol. The molecule has 1 aliphatic rings. The summed E-state index contributed by atoms with van der Waals surface area (Å²) in [6, 6.07) is 2.10. The SMILES string of the molecule is CC(C)CCN(C(=O)c1cnccc1NN)C1CCCC1. The number of nitrogens with two attached hydrogens (primary N) is 1. The van der Waals surface area contributed by atoms with Gasteiger partial charge in [0.2, 0.25) is 0 Å². The molecule has 1 fully saturated rings. The van der Waals surface area contributed by atoms with Gasteiger partial charge in [0.15, 0.2) is 0 Å². The number of nitrogens with zero attached hydrogens (tertiary/aromatic N) is 2. The topological polar surface area (TPSA) is 71.2 Å². The van der Waals surface area contributed by atoms with Gasteiger partial charge in [-0.2, -0.15) is 0 Å². The largest absolute Gasteiger partial charge is 0.336 e. The fourth-order valence-corrected chi connectivity index (χ4v) is 2.91. The van der Waals surface area contributed by atoms with Crippen molar-refractivity contribution in [2.45, 2.75) is 52.0 Å². The molecule has 1 saturated carbocycles. The van der Waals surface area contributed by atoms with Crippen LogP contribution in [0, 0.1) is 5.92 Å². The minimum atomic E-state index is 0.0450. The fourth-order valence-electron chi connectivity index (χ4n) is 2.91. The van der Waals surface area contributed by atoms with Crippen LogP contribution in [0.1, 0.15) is 56.3 Å². The van der Waals surface area contributed by atoms with Crippen molar-refractivity contribution in [3.8, 4) is 0 Å². The molecule has 21 heavy (non-hydrogen) atoms. The number of rotatable bonds is 6. The average Bonchev–Trinajstić information content (AvgIpc) is 3.01. The Bertz CT molecular complexity index is 469. The number of carbonyl (C=O) groups excluding carboxylic acids is 1. The lowest BCUT2D eigenvalue weighted by Crippen LogP contribution is -2.40. The fraction of sp³-hybridized carbons (Fsp3) is 0.625. The lowest BCUT2D eigenvalue weighted by Gasteiger charge is -2.30. The highest BCUT2D eigenvalue weighted by molar-refractivity contribution is 5.99. The lowest BCUT2D eigenvalue weighted by molar-refractivity contribution is 0.0672. The Morgan fingerprint density at radius 1 is 1.48 bits per heavy atom. The molecule has 0 saturated heterocycles. The number of aromatic nitrogens is 1. The maximum Gasteiger partial charge on any atom is 0.257 e. The third-order valence-corrected chi connectivity index (χ3v) is 4.18. The normalized spacial score (nSPS) is 15.4. The molecule has 2 rings (SSSR count). The molecule has 1 amide bonds. The number of anilines is 1. The second-order valence-electron chi connectivity index (χ2n) is 6.18. The number of carbonyl (C=O) groups is 1. The van der Waals surface area contributed by atoms with Crippen LogP contribution in [0.4, 0.5) is 5.69 Å². The van der Waals surface area contributed by atoms with Crippen LogP contribution in [0.15, 0.2) is 18.5 Å². The molecular formula is C16H26N4O. The van der Waals surface area contributed by atoms with E-state index >= 15 is 0 Å². The zero-order chi connectivity index (χ0) is 15.2. The van der Waals surface area contributed by atoms with Gasteiger partial charge >= 0.3 is 0 Å². The number of hydrazine groups is 1. The Morgan fingerprint density at radius 3 is 2.81 bits per heavy atom. The summed E-state index contributed by atoms with van der Waals surface area (Å²) in [5.74, 6) is 6.15. The standard InChI is InChI=1S/C16H26N4O/c1-12(2)8-10-20(13-5-3-4-6-13)16(21)14-11-18-9-7-15(14)19-17/h7,9,11-13H,3-6,8,10,17H2,1-2H3,(H,18,19). The first kappa shape index (κ1) is 15.8. The summed E-state index contributed by atoms with van der Waals surface area (Å²) >= 11 is 0. The van der Waals surface area contributed by atoms with Crippen molar-refractivity contribution in [3.05, 3.63) is 24.0 Å². The van der Waals surface area contributed by atoms with E-state index in [0.717, 1.165) is 25.8 Å². The highest BCUT2D eigenvalue weighted by Gasteiger charge is 2.28. The van der Waals surface area contributed by atoms with E-state index in [-0.39, 0.29) is 5.91 Å². The van der Waals surface area contributed by atoms with E-state index in [2.05, 4.69) is 24.3 Å². The molecule has 116 valence electrons. The predicted molar refractivity (Wildman–Crippen MR) is 84.8 cm³/mol. The van der Waals surface area contributed by atoms with Crippen molar-refractivity contribution in [2.75, 3.05) is 12.0 Å². The minimum Gasteiger partial charge on any atom is -0.336 e. The summed E-state index contributed by atoms with van der Waals surface area (Å²) in [5.41, 5.74) is 3.81. The van der Waals surface area contributed by atoms with Gasteiger partial charge in [0, 0.05) is 25.0 Å². The summed E-state index contributed by atoms with van der Waals surface area (Å²) in [6.45, 7) is 5.18. The van der Waals surface area contributed by atoms with Crippen molar-refractivity contribution in [2.24, 2.45) is 11.8 Å². The van der Waals surface area contributed by atoms with Crippen molar-refractivity contribution in [1.29, 1.82) is 0 Å². The van der Waals surface area contributed by atoms with E-state index in [1.165, 1.54) is 12.8 Å². The number of pyridine rings is 1. The van der Waals surface area contributed by atoms with E-state index in [0.29, 0.717) is 23.2 Å². The first-order valence-electron chi connectivity index (χ1n) is 7.85. The van der Waals surface area contributed by atoms with Crippen LogP contribution in [0.25, 0.3) is 0 Å². The number of hydrogen-bond donors (Lipinski definition) is 2. The second-order valence-corrected chi connectivity index (χ2v) is 6.18. The Balaban J connectivity index is 2.20. The summed E-state index contributed by atoms with van der Waals surface area (Å²) in [6.07, 6.45) is 8.91. The van der Waals surface area contributed by atoms with E-state index < -0.39 is 0 Å². The molecule has 1 aromatic rings. The number of hydrogen-bond acceptors (Lipinski definition) is 4. The molecule has 1 aromatic heterocycles. The molecule has 0 radical (unpaired) electrons. The van der Waals surface area contributed by atoms with Crippen LogP contribution in [0.2, 0.25) is 0 Å². The zero-order valence-electron chi connectivity index (χ0n) is 13.0. The van der Waals surface area contributed by atoms with Crippen molar-refractivity contribution < 1.29 is 4.79 Å². The van der Waals surface area contributed by atoms with Gasteiger partial charge in [0.1, 0.15) is 0 Å². The lowest BCUT2D eigenvalue weighted by atomic mass is 10.1. The molecule has 0 aliphatic heterocycles. The minimum absolute atomic E-state index is 0.0450. The van der Waals surface area contributed by atoms with Gasteiger partial charge in [0.05, 0.1) is 11.3 Å². The van der Waals surface area contributed by atoms with Gasteiger partial charge in [0.25, 0.3) is 5.91 Å². The smallest absolute Gasteiger partial charge is 0.257 e. The van der Waals surface area contributed by atoms with Crippen molar-refractivity contribution in [1.82, 2.24) is 9.88 Å².